The molecule has 3 heteroatoms. The summed E-state index contributed by atoms with van der Waals surface area (Å²) in [5.74, 6) is 0. The highest BCUT2D eigenvalue weighted by atomic mass is 19.3. The second-order valence-electron chi connectivity index (χ2n) is 5.61. The number of nitrogens with zero attached hydrogens (tertiary/aromatic N) is 1. The molecule has 0 unspecified atom stereocenters. The van der Waals surface area contributed by atoms with Gasteiger partial charge in [-0.3, -0.25) is 4.90 Å². The molecular formula is C11H19F2N. The van der Waals surface area contributed by atoms with Gasteiger partial charge >= 0.3 is 0 Å². The SMILES string of the molecule is CC(C)(C)N1CC(=C(F)F)CC1(C)C. The summed E-state index contributed by atoms with van der Waals surface area (Å²) >= 11 is 0. The van der Waals surface area contributed by atoms with Crippen LogP contribution in [0.3, 0.4) is 0 Å². The van der Waals surface area contributed by atoms with Crippen LogP contribution in [0.25, 0.3) is 0 Å². The Bertz CT molecular complexity index is 257. The first kappa shape index (κ1) is 11.6. The van der Waals surface area contributed by atoms with E-state index in [4.69, 9.17) is 0 Å². The summed E-state index contributed by atoms with van der Waals surface area (Å²) < 4.78 is 25.0. The minimum Gasteiger partial charge on any atom is -0.289 e. The molecule has 0 atom stereocenters. The zero-order valence-electron chi connectivity index (χ0n) is 9.62. The summed E-state index contributed by atoms with van der Waals surface area (Å²) in [4.78, 5) is 2.13. The first-order valence-electron chi connectivity index (χ1n) is 4.95. The van der Waals surface area contributed by atoms with Crippen LogP contribution in [0.5, 0.6) is 0 Å². The lowest BCUT2D eigenvalue weighted by molar-refractivity contribution is 0.0687. The second kappa shape index (κ2) is 3.30. The first-order chi connectivity index (χ1) is 6.14. The van der Waals surface area contributed by atoms with E-state index < -0.39 is 6.08 Å². The van der Waals surface area contributed by atoms with E-state index in [9.17, 15) is 8.78 Å². The van der Waals surface area contributed by atoms with Crippen molar-refractivity contribution in [2.75, 3.05) is 6.54 Å². The lowest BCUT2D eigenvalue weighted by Gasteiger charge is -2.41. The van der Waals surface area contributed by atoms with Gasteiger partial charge in [0.15, 0.2) is 0 Å². The molecule has 14 heavy (non-hydrogen) atoms. The number of halogens is 2. The van der Waals surface area contributed by atoms with Crippen LogP contribution in [-0.2, 0) is 0 Å². The van der Waals surface area contributed by atoms with Gasteiger partial charge in [0.2, 0.25) is 0 Å². The number of hydrogen-bond donors (Lipinski definition) is 0. The molecule has 0 radical (unpaired) electrons. The van der Waals surface area contributed by atoms with E-state index in [1.165, 1.54) is 0 Å². The zero-order chi connectivity index (χ0) is 11.1. The third kappa shape index (κ3) is 2.14. The summed E-state index contributed by atoms with van der Waals surface area (Å²) in [6.45, 7) is 10.6. The lowest BCUT2D eigenvalue weighted by atomic mass is 9.95. The van der Waals surface area contributed by atoms with Crippen LogP contribution in [0.2, 0.25) is 0 Å². The van der Waals surface area contributed by atoms with Gasteiger partial charge < -0.3 is 0 Å². The van der Waals surface area contributed by atoms with Crippen LogP contribution >= 0.6 is 0 Å². The topological polar surface area (TPSA) is 3.24 Å². The number of rotatable bonds is 0. The first-order valence-corrected chi connectivity index (χ1v) is 4.95. The summed E-state index contributed by atoms with van der Waals surface area (Å²) in [7, 11) is 0. The van der Waals surface area contributed by atoms with Gasteiger partial charge in [-0.2, -0.15) is 8.78 Å². The van der Waals surface area contributed by atoms with Crippen molar-refractivity contribution in [2.45, 2.75) is 52.1 Å². The Hall–Kier alpha value is -0.440. The van der Waals surface area contributed by atoms with Crippen molar-refractivity contribution in [3.05, 3.63) is 11.7 Å². The monoisotopic (exact) mass is 203 g/mol. The smallest absolute Gasteiger partial charge is 0.270 e. The van der Waals surface area contributed by atoms with Gasteiger partial charge in [0.25, 0.3) is 6.08 Å². The molecule has 1 rings (SSSR count). The molecule has 82 valence electrons. The summed E-state index contributed by atoms with van der Waals surface area (Å²) in [6, 6.07) is 0. The maximum absolute atomic E-state index is 12.5. The van der Waals surface area contributed by atoms with E-state index in [0.717, 1.165) is 0 Å². The van der Waals surface area contributed by atoms with Gasteiger partial charge in [-0.25, -0.2) is 0 Å². The van der Waals surface area contributed by atoms with Gasteiger partial charge in [0.1, 0.15) is 0 Å². The molecule has 0 amide bonds. The Balaban J connectivity index is 2.97. The molecule has 0 aliphatic carbocycles. The van der Waals surface area contributed by atoms with Gasteiger partial charge in [0.05, 0.1) is 0 Å². The Kier molecular flexibility index (Phi) is 2.74. The summed E-state index contributed by atoms with van der Waals surface area (Å²) in [6.07, 6.45) is -1.02. The van der Waals surface area contributed by atoms with Crippen molar-refractivity contribution in [3.8, 4) is 0 Å². The largest absolute Gasteiger partial charge is 0.289 e. The lowest BCUT2D eigenvalue weighted by Crippen LogP contribution is -2.49. The molecule has 0 aromatic heterocycles. The molecule has 1 heterocycles. The standard InChI is InChI=1S/C11H19F2N/c1-10(2,3)14-7-8(9(12)13)6-11(14,4)5/h6-7H2,1-5H3. The molecule has 0 spiro atoms. The van der Waals surface area contributed by atoms with E-state index in [-0.39, 0.29) is 11.1 Å². The van der Waals surface area contributed by atoms with Crippen LogP contribution in [0, 0.1) is 0 Å². The van der Waals surface area contributed by atoms with E-state index in [2.05, 4.69) is 25.7 Å². The molecule has 0 bridgehead atoms. The predicted molar refractivity (Wildman–Crippen MR) is 54.4 cm³/mol. The van der Waals surface area contributed by atoms with Gasteiger partial charge in [0, 0.05) is 23.2 Å². The molecular weight excluding hydrogens is 184 g/mol. The molecule has 0 N–H and O–H groups in total. The van der Waals surface area contributed by atoms with E-state index in [0.29, 0.717) is 18.5 Å². The molecule has 1 aliphatic rings. The normalized spacial score (nSPS) is 22.9. The number of likely N-dealkylation sites (tertiary alicyclic amines) is 1. The minimum atomic E-state index is -1.50. The van der Waals surface area contributed by atoms with E-state index in [1.807, 2.05) is 13.8 Å². The second-order valence-corrected chi connectivity index (χ2v) is 5.61. The molecule has 0 aromatic carbocycles. The van der Waals surface area contributed by atoms with Crippen molar-refractivity contribution in [2.24, 2.45) is 0 Å². The minimum absolute atomic E-state index is 0.0549. The van der Waals surface area contributed by atoms with E-state index >= 15 is 0 Å². The van der Waals surface area contributed by atoms with Crippen LogP contribution in [-0.4, -0.2) is 22.5 Å². The Morgan fingerprint density at radius 1 is 1.29 bits per heavy atom. The molecule has 1 nitrogen and oxygen atoms in total. The molecule has 1 saturated heterocycles. The highest BCUT2D eigenvalue weighted by Gasteiger charge is 2.42. The van der Waals surface area contributed by atoms with Crippen LogP contribution in [0.15, 0.2) is 11.7 Å². The van der Waals surface area contributed by atoms with Crippen LogP contribution in [0.1, 0.15) is 41.0 Å². The predicted octanol–water partition coefficient (Wildman–Crippen LogP) is 3.42. The van der Waals surface area contributed by atoms with Crippen molar-refractivity contribution >= 4 is 0 Å². The summed E-state index contributed by atoms with van der Waals surface area (Å²) in [5, 5.41) is 0. The fraction of sp³-hybridized carbons (Fsp3) is 0.818. The fourth-order valence-electron chi connectivity index (χ4n) is 2.35. The highest BCUT2D eigenvalue weighted by Crippen LogP contribution is 2.39. The molecule has 0 aromatic rings. The van der Waals surface area contributed by atoms with Crippen molar-refractivity contribution < 1.29 is 8.78 Å². The summed E-state index contributed by atoms with van der Waals surface area (Å²) in [5.41, 5.74) is 0.0856. The number of hydrogen-bond acceptors (Lipinski definition) is 1. The Morgan fingerprint density at radius 3 is 2.00 bits per heavy atom. The Morgan fingerprint density at radius 2 is 1.79 bits per heavy atom. The van der Waals surface area contributed by atoms with Crippen LogP contribution in [0.4, 0.5) is 8.78 Å². The van der Waals surface area contributed by atoms with Crippen LogP contribution < -0.4 is 0 Å². The van der Waals surface area contributed by atoms with Gasteiger partial charge in [-0.1, -0.05) is 0 Å². The molecule has 0 saturated carbocycles. The Labute approximate surface area is 84.8 Å². The van der Waals surface area contributed by atoms with Crippen molar-refractivity contribution in [3.63, 3.8) is 0 Å². The third-order valence-electron chi connectivity index (χ3n) is 2.80. The maximum atomic E-state index is 12.5. The zero-order valence-corrected chi connectivity index (χ0v) is 9.62. The highest BCUT2D eigenvalue weighted by molar-refractivity contribution is 5.18. The van der Waals surface area contributed by atoms with Gasteiger partial charge in [-0.15, -0.1) is 0 Å². The average molecular weight is 203 g/mol. The molecule has 1 aliphatic heterocycles. The van der Waals surface area contributed by atoms with Crippen molar-refractivity contribution in [1.82, 2.24) is 4.90 Å². The average Bonchev–Trinajstić information content (AvgIpc) is 2.24. The third-order valence-corrected chi connectivity index (χ3v) is 2.80. The fourth-order valence-corrected chi connectivity index (χ4v) is 2.35. The van der Waals surface area contributed by atoms with E-state index in [1.54, 1.807) is 0 Å². The van der Waals surface area contributed by atoms with Gasteiger partial charge in [-0.05, 0) is 41.0 Å². The quantitative estimate of drug-likeness (QED) is 0.583. The van der Waals surface area contributed by atoms with Crippen molar-refractivity contribution in [1.29, 1.82) is 0 Å². The molecule has 1 fully saturated rings. The maximum Gasteiger partial charge on any atom is 0.270 e.